The average molecular weight is 359 g/mol. The van der Waals surface area contributed by atoms with Gasteiger partial charge in [0.2, 0.25) is 5.95 Å². The molecule has 3 aromatic rings. The molecule has 0 aliphatic carbocycles. The molecular formula is C22H25N5. The summed E-state index contributed by atoms with van der Waals surface area (Å²) < 4.78 is 0. The lowest BCUT2D eigenvalue weighted by atomic mass is 10.2. The first-order valence-corrected chi connectivity index (χ1v) is 9.48. The van der Waals surface area contributed by atoms with E-state index in [1.807, 2.05) is 19.2 Å². The second kappa shape index (κ2) is 8.08. The fourth-order valence-electron chi connectivity index (χ4n) is 3.42. The molecule has 1 aromatic heterocycles. The predicted molar refractivity (Wildman–Crippen MR) is 112 cm³/mol. The molecule has 2 aromatic carbocycles. The van der Waals surface area contributed by atoms with Crippen molar-refractivity contribution in [3.63, 3.8) is 0 Å². The van der Waals surface area contributed by atoms with Crippen molar-refractivity contribution in [2.24, 2.45) is 0 Å². The molecule has 1 saturated heterocycles. The van der Waals surface area contributed by atoms with Crippen molar-refractivity contribution < 1.29 is 0 Å². The van der Waals surface area contributed by atoms with E-state index in [9.17, 15) is 0 Å². The van der Waals surface area contributed by atoms with Crippen molar-refractivity contribution in [2.75, 3.05) is 35.3 Å². The molecule has 1 fully saturated rings. The first-order valence-electron chi connectivity index (χ1n) is 9.48. The largest absolute Gasteiger partial charge is 0.372 e. The lowest BCUT2D eigenvalue weighted by molar-refractivity contribution is 0.893. The van der Waals surface area contributed by atoms with E-state index in [-0.39, 0.29) is 0 Å². The van der Waals surface area contributed by atoms with E-state index in [1.165, 1.54) is 24.1 Å². The van der Waals surface area contributed by atoms with Gasteiger partial charge in [-0.1, -0.05) is 30.3 Å². The van der Waals surface area contributed by atoms with Crippen molar-refractivity contribution in [3.8, 4) is 0 Å². The Kier molecular flexibility index (Phi) is 5.19. The highest BCUT2D eigenvalue weighted by molar-refractivity contribution is 5.60. The maximum atomic E-state index is 4.66. The molecule has 0 unspecified atom stereocenters. The summed E-state index contributed by atoms with van der Waals surface area (Å²) in [6, 6.07) is 20.9. The topological polar surface area (TPSA) is 44.3 Å². The summed E-state index contributed by atoms with van der Waals surface area (Å²) in [6.07, 6.45) is 4.37. The fraction of sp³-hybridized carbons (Fsp3) is 0.273. The molecule has 0 spiro atoms. The minimum Gasteiger partial charge on any atom is -0.372 e. The first-order chi connectivity index (χ1) is 13.3. The quantitative estimate of drug-likeness (QED) is 0.704. The van der Waals surface area contributed by atoms with Gasteiger partial charge in [0.05, 0.1) is 0 Å². The van der Waals surface area contributed by atoms with Crippen LogP contribution in [0.5, 0.6) is 0 Å². The van der Waals surface area contributed by atoms with Crippen LogP contribution < -0.4 is 15.1 Å². The molecule has 1 aliphatic rings. The van der Waals surface area contributed by atoms with Gasteiger partial charge in [-0.3, -0.25) is 0 Å². The lowest BCUT2D eigenvalue weighted by Crippen LogP contribution is -2.18. The first kappa shape index (κ1) is 17.3. The van der Waals surface area contributed by atoms with Gasteiger partial charge < -0.3 is 15.1 Å². The van der Waals surface area contributed by atoms with E-state index < -0.39 is 0 Å². The molecule has 1 aliphatic heterocycles. The van der Waals surface area contributed by atoms with Crippen molar-refractivity contribution in [1.82, 2.24) is 9.97 Å². The lowest BCUT2D eigenvalue weighted by Gasteiger charge is -2.19. The van der Waals surface area contributed by atoms with Crippen LogP contribution in [0, 0.1) is 0 Å². The van der Waals surface area contributed by atoms with E-state index in [0.29, 0.717) is 5.95 Å². The van der Waals surface area contributed by atoms with Gasteiger partial charge in [0.1, 0.15) is 5.82 Å². The summed E-state index contributed by atoms with van der Waals surface area (Å²) in [5.41, 5.74) is 3.54. The number of hydrogen-bond donors (Lipinski definition) is 1. The SMILES string of the molecule is CN(Cc1ccccc1)c1ccnc(Nc2ccc(N3CCCC3)cc2)n1. The molecule has 5 nitrogen and oxygen atoms in total. The molecule has 0 bridgehead atoms. The van der Waals surface area contributed by atoms with Crippen LogP contribution in [0.3, 0.4) is 0 Å². The fourth-order valence-corrected chi connectivity index (χ4v) is 3.42. The monoisotopic (exact) mass is 359 g/mol. The smallest absolute Gasteiger partial charge is 0.229 e. The van der Waals surface area contributed by atoms with E-state index in [4.69, 9.17) is 0 Å². The van der Waals surface area contributed by atoms with E-state index in [1.54, 1.807) is 6.20 Å². The van der Waals surface area contributed by atoms with Gasteiger partial charge in [-0.15, -0.1) is 0 Å². The molecule has 0 amide bonds. The molecule has 0 radical (unpaired) electrons. The minimum atomic E-state index is 0.612. The highest BCUT2D eigenvalue weighted by Gasteiger charge is 2.12. The van der Waals surface area contributed by atoms with Gasteiger partial charge >= 0.3 is 0 Å². The number of aromatic nitrogens is 2. The summed E-state index contributed by atoms with van der Waals surface area (Å²) in [4.78, 5) is 13.6. The van der Waals surface area contributed by atoms with E-state index >= 15 is 0 Å². The zero-order valence-electron chi connectivity index (χ0n) is 15.7. The summed E-state index contributed by atoms with van der Waals surface area (Å²) in [7, 11) is 2.05. The second-order valence-electron chi connectivity index (χ2n) is 6.95. The summed E-state index contributed by atoms with van der Waals surface area (Å²) in [6.45, 7) is 3.12. The molecule has 2 heterocycles. The van der Waals surface area contributed by atoms with Gasteiger partial charge in [-0.25, -0.2) is 4.98 Å². The second-order valence-corrected chi connectivity index (χ2v) is 6.95. The normalized spacial score (nSPS) is 13.6. The van der Waals surface area contributed by atoms with Crippen LogP contribution in [0.15, 0.2) is 66.9 Å². The van der Waals surface area contributed by atoms with Crippen LogP contribution in [-0.4, -0.2) is 30.1 Å². The van der Waals surface area contributed by atoms with Crippen molar-refractivity contribution >= 4 is 23.1 Å². The highest BCUT2D eigenvalue weighted by Crippen LogP contribution is 2.23. The van der Waals surface area contributed by atoms with Crippen LogP contribution in [0.1, 0.15) is 18.4 Å². The number of nitrogens with zero attached hydrogens (tertiary/aromatic N) is 4. The molecule has 0 saturated carbocycles. The Morgan fingerprint density at radius 1 is 0.963 bits per heavy atom. The van der Waals surface area contributed by atoms with Crippen LogP contribution >= 0.6 is 0 Å². The van der Waals surface area contributed by atoms with Gasteiger partial charge in [0, 0.05) is 44.3 Å². The molecule has 5 heteroatoms. The Hall–Kier alpha value is -3.08. The molecule has 4 rings (SSSR count). The standard InChI is InChI=1S/C22H25N5/c1-26(17-18-7-3-2-4-8-18)21-13-14-23-22(25-21)24-19-9-11-20(12-10-19)27-15-5-6-16-27/h2-4,7-14H,5-6,15-17H2,1H3,(H,23,24,25). The van der Waals surface area contributed by atoms with Gasteiger partial charge in [-0.2, -0.15) is 4.98 Å². The van der Waals surface area contributed by atoms with Crippen molar-refractivity contribution in [2.45, 2.75) is 19.4 Å². The van der Waals surface area contributed by atoms with Gasteiger partial charge in [0.15, 0.2) is 0 Å². The third-order valence-corrected chi connectivity index (χ3v) is 4.89. The van der Waals surface area contributed by atoms with Crippen LogP contribution in [0.2, 0.25) is 0 Å². The Morgan fingerprint density at radius 2 is 1.70 bits per heavy atom. The van der Waals surface area contributed by atoms with Crippen molar-refractivity contribution in [1.29, 1.82) is 0 Å². The number of anilines is 4. The number of benzene rings is 2. The third kappa shape index (κ3) is 4.37. The number of hydrogen-bond acceptors (Lipinski definition) is 5. The molecule has 0 atom stereocenters. The molecular weight excluding hydrogens is 334 g/mol. The zero-order chi connectivity index (χ0) is 18.5. The predicted octanol–water partition coefficient (Wildman–Crippen LogP) is 4.46. The van der Waals surface area contributed by atoms with Crippen molar-refractivity contribution in [3.05, 3.63) is 72.4 Å². The Labute approximate surface area is 160 Å². The average Bonchev–Trinajstić information content (AvgIpc) is 3.24. The Balaban J connectivity index is 1.43. The van der Waals surface area contributed by atoms with E-state index in [2.05, 4.69) is 73.6 Å². The summed E-state index contributed by atoms with van der Waals surface area (Å²) in [5.74, 6) is 1.51. The van der Waals surface area contributed by atoms with Gasteiger partial charge in [0.25, 0.3) is 0 Å². The van der Waals surface area contributed by atoms with Crippen LogP contribution in [0.4, 0.5) is 23.1 Å². The number of rotatable bonds is 6. The van der Waals surface area contributed by atoms with E-state index in [0.717, 1.165) is 31.1 Å². The maximum Gasteiger partial charge on any atom is 0.229 e. The molecule has 27 heavy (non-hydrogen) atoms. The molecule has 1 N–H and O–H groups in total. The van der Waals surface area contributed by atoms with Crippen LogP contribution in [0.25, 0.3) is 0 Å². The number of nitrogens with one attached hydrogen (secondary N) is 1. The summed E-state index contributed by atoms with van der Waals surface area (Å²) in [5, 5.41) is 3.31. The highest BCUT2D eigenvalue weighted by atomic mass is 15.2. The summed E-state index contributed by atoms with van der Waals surface area (Å²) >= 11 is 0. The minimum absolute atomic E-state index is 0.612. The third-order valence-electron chi connectivity index (χ3n) is 4.89. The zero-order valence-corrected chi connectivity index (χ0v) is 15.7. The Bertz CT molecular complexity index is 857. The van der Waals surface area contributed by atoms with Gasteiger partial charge in [-0.05, 0) is 48.7 Å². The molecule has 138 valence electrons. The maximum absolute atomic E-state index is 4.66. The Morgan fingerprint density at radius 3 is 2.44 bits per heavy atom. The van der Waals surface area contributed by atoms with Crippen LogP contribution in [-0.2, 0) is 6.54 Å².